The second-order valence-corrected chi connectivity index (χ2v) is 14.7. The second kappa shape index (κ2) is 12.8. The summed E-state index contributed by atoms with van der Waals surface area (Å²) in [7, 11) is -2.01. The molecule has 43 heavy (non-hydrogen) atoms. The van der Waals surface area contributed by atoms with E-state index in [1.165, 1.54) is 24.1 Å². The summed E-state index contributed by atoms with van der Waals surface area (Å²) in [5, 5.41) is 70.7. The molecule has 0 saturated carbocycles. The molecule has 8 N–H and O–H groups in total. The molecule has 2 fully saturated rings. The number of imidazole rings is 1. The largest absolute Gasteiger partial charge is 0.482 e. The second-order valence-electron chi connectivity index (χ2n) is 10.2. The molecule has 0 amide bonds. The predicted molar refractivity (Wildman–Crippen MR) is 145 cm³/mol. The quantitative estimate of drug-likeness (QED) is 0.0860. The number of anilines is 1. The van der Waals surface area contributed by atoms with Crippen LogP contribution in [0.1, 0.15) is 13.2 Å². The first kappa shape index (κ1) is 34.5. The van der Waals surface area contributed by atoms with E-state index in [0.29, 0.717) is 11.3 Å². The molecule has 0 aliphatic carbocycles. The van der Waals surface area contributed by atoms with Crippen LogP contribution in [0, 0.1) is 0 Å². The van der Waals surface area contributed by atoms with Gasteiger partial charge in [-0.25, -0.2) is 24.1 Å². The summed E-state index contributed by atoms with van der Waals surface area (Å²) in [5.74, 6) is 0.475. The number of ether oxygens (including phenoxy) is 2. The lowest BCUT2D eigenvalue weighted by atomic mass is 9.96. The Morgan fingerprint density at radius 3 is 2.44 bits per heavy atom. The standard InChI is InChI=1S/C20H33N5O15P2S/c1-20(32)15(31)9(37-19(20)25-7-23-10-16(24(2)3)21-6-22-17(10)25)5-36-42(35,43)40-41(33,34)39-18-13(30)11(28)12(29)14(38-18)8(27)4-26/h6-9,11-15,18-19,26-32H,4-5H2,1-3H3,(H,33,34)(H,35,43)/t8-,9+,11?,12?,13?,14?,15+,18?,19+,20+,42?/m0/s1. The predicted octanol–water partition coefficient (Wildman–Crippen LogP) is -2.75. The van der Waals surface area contributed by atoms with Crippen LogP contribution >= 0.6 is 26.9 Å². The van der Waals surface area contributed by atoms with Crippen molar-refractivity contribution in [3.63, 3.8) is 0 Å². The van der Waals surface area contributed by atoms with Gasteiger partial charge in [0.1, 0.15) is 54.7 Å². The molecule has 244 valence electrons. The third-order valence-corrected chi connectivity index (χ3v) is 10.4. The van der Waals surface area contributed by atoms with Gasteiger partial charge in [-0.15, -0.1) is 0 Å². The lowest BCUT2D eigenvalue weighted by Crippen LogP contribution is -2.61. The number of aliphatic hydroxyl groups excluding tert-OH is 6. The molecule has 2 aromatic rings. The molecule has 23 heteroatoms. The highest BCUT2D eigenvalue weighted by molar-refractivity contribution is 8.45. The van der Waals surface area contributed by atoms with E-state index in [2.05, 4.69) is 36.0 Å². The van der Waals surface area contributed by atoms with Crippen LogP contribution in [0.2, 0.25) is 0 Å². The first-order valence-electron chi connectivity index (χ1n) is 12.5. The number of hydrogen-bond donors (Lipinski definition) is 9. The molecule has 0 aromatic carbocycles. The van der Waals surface area contributed by atoms with Crippen LogP contribution in [-0.4, -0.2) is 142 Å². The molecule has 2 aliphatic heterocycles. The van der Waals surface area contributed by atoms with Crippen molar-refractivity contribution >= 4 is 43.9 Å². The normalized spacial score (nSPS) is 36.7. The summed E-state index contributed by atoms with van der Waals surface area (Å²) in [6.07, 6.45) is -13.6. The zero-order valence-corrected chi connectivity index (χ0v) is 25.5. The van der Waals surface area contributed by atoms with Crippen molar-refractivity contribution in [2.75, 3.05) is 32.2 Å². The summed E-state index contributed by atoms with van der Waals surface area (Å²) >= 11 is 3.62. The van der Waals surface area contributed by atoms with E-state index >= 15 is 0 Å². The van der Waals surface area contributed by atoms with Crippen molar-refractivity contribution < 1.29 is 72.6 Å². The van der Waals surface area contributed by atoms with Crippen LogP contribution < -0.4 is 4.90 Å². The number of thiol groups is 1. The molecule has 7 unspecified atom stereocenters. The molecule has 4 heterocycles. The minimum Gasteiger partial charge on any atom is -0.394 e. The van der Waals surface area contributed by atoms with Crippen LogP contribution in [0.4, 0.5) is 5.82 Å². The zero-order chi connectivity index (χ0) is 32.1. The monoisotopic (exact) mass is 677 g/mol. The molecule has 2 aromatic heterocycles. The topological polar surface area (TPSA) is 289 Å². The molecular weight excluding hydrogens is 644 g/mol. The number of hydrogen-bond acceptors (Lipinski definition) is 18. The highest BCUT2D eigenvalue weighted by Crippen LogP contribution is 2.66. The van der Waals surface area contributed by atoms with E-state index in [0.717, 1.165) is 0 Å². The minimum absolute atomic E-state index is 0.262. The Bertz CT molecular complexity index is 1390. The Kier molecular flexibility index (Phi) is 10.3. The molecule has 0 bridgehead atoms. The first-order valence-corrected chi connectivity index (χ1v) is 16.7. The van der Waals surface area contributed by atoms with Gasteiger partial charge in [0.2, 0.25) is 0 Å². The molecule has 0 spiro atoms. The van der Waals surface area contributed by atoms with Crippen molar-refractivity contribution in [1.82, 2.24) is 19.5 Å². The fourth-order valence-electron chi connectivity index (χ4n) is 4.57. The summed E-state index contributed by atoms with van der Waals surface area (Å²) in [4.78, 5) is 24.4. The third kappa shape index (κ3) is 7.07. The van der Waals surface area contributed by atoms with Crippen LogP contribution in [0.5, 0.6) is 0 Å². The number of phosphoric ester groups is 1. The molecule has 0 radical (unpaired) electrons. The zero-order valence-electron chi connectivity index (χ0n) is 22.8. The van der Waals surface area contributed by atoms with Gasteiger partial charge in [0, 0.05) is 14.1 Å². The lowest BCUT2D eigenvalue weighted by molar-refractivity contribution is -0.292. The molecule has 2 aliphatic rings. The fourth-order valence-corrected chi connectivity index (χ4v) is 7.76. The maximum atomic E-state index is 12.8. The van der Waals surface area contributed by atoms with Crippen molar-refractivity contribution in [2.45, 2.75) is 67.8 Å². The van der Waals surface area contributed by atoms with Crippen LogP contribution in [-0.2, 0) is 32.0 Å². The SMILES string of the molecule is CN(C)c1ncnc2c1ncn2[C@@H]1O[C@H](COP(=O)(S)OP(=O)(O)OC2OC([C@@H](O)CO)C(O)C(O)C2O)[C@@H](O)[C@@]1(C)O. The average Bonchev–Trinajstić information content (AvgIpc) is 3.44. The van der Waals surface area contributed by atoms with Crippen LogP contribution in [0.15, 0.2) is 12.7 Å². The maximum absolute atomic E-state index is 12.8. The highest BCUT2D eigenvalue weighted by Gasteiger charge is 2.55. The van der Waals surface area contributed by atoms with Gasteiger partial charge in [0.25, 0.3) is 0 Å². The Balaban J connectivity index is 1.43. The van der Waals surface area contributed by atoms with E-state index in [-0.39, 0.29) is 5.65 Å². The average molecular weight is 678 g/mol. The van der Waals surface area contributed by atoms with E-state index in [4.69, 9.17) is 19.1 Å². The van der Waals surface area contributed by atoms with E-state index < -0.39 is 88.7 Å². The van der Waals surface area contributed by atoms with Crippen LogP contribution in [0.25, 0.3) is 11.2 Å². The smallest absolute Gasteiger partial charge is 0.394 e. The lowest BCUT2D eigenvalue weighted by Gasteiger charge is -2.41. The summed E-state index contributed by atoms with van der Waals surface area (Å²) in [6, 6.07) is 0. The van der Waals surface area contributed by atoms with Gasteiger partial charge in [-0.3, -0.25) is 13.6 Å². The summed E-state index contributed by atoms with van der Waals surface area (Å²) in [5.41, 5.74) is -1.34. The van der Waals surface area contributed by atoms with Crippen molar-refractivity contribution in [1.29, 1.82) is 0 Å². The Labute approximate surface area is 248 Å². The van der Waals surface area contributed by atoms with Gasteiger partial charge < -0.3 is 55.0 Å². The summed E-state index contributed by atoms with van der Waals surface area (Å²) in [6.45, 7) is -5.31. The Hall–Kier alpha value is -1.36. The molecule has 2 saturated heterocycles. The molecule has 20 nitrogen and oxygen atoms in total. The van der Waals surface area contributed by atoms with Gasteiger partial charge in [-0.2, -0.15) is 4.31 Å². The van der Waals surface area contributed by atoms with Gasteiger partial charge in [-0.05, 0) is 6.92 Å². The fraction of sp³-hybridized carbons (Fsp3) is 0.750. The number of fused-ring (bicyclic) bond motifs is 1. The van der Waals surface area contributed by atoms with Gasteiger partial charge in [-0.1, -0.05) is 12.2 Å². The van der Waals surface area contributed by atoms with Crippen molar-refractivity contribution in [2.24, 2.45) is 0 Å². The van der Waals surface area contributed by atoms with E-state index in [1.807, 2.05) is 0 Å². The van der Waals surface area contributed by atoms with E-state index in [1.54, 1.807) is 19.0 Å². The number of aromatic nitrogens is 4. The molecule has 4 rings (SSSR count). The number of rotatable bonds is 11. The minimum atomic E-state index is -5.50. The van der Waals surface area contributed by atoms with Gasteiger partial charge >= 0.3 is 14.6 Å². The Morgan fingerprint density at radius 2 is 1.81 bits per heavy atom. The van der Waals surface area contributed by atoms with Gasteiger partial charge in [0.15, 0.2) is 29.5 Å². The summed E-state index contributed by atoms with van der Waals surface area (Å²) < 4.78 is 51.6. The van der Waals surface area contributed by atoms with Crippen molar-refractivity contribution in [3.05, 3.63) is 12.7 Å². The highest BCUT2D eigenvalue weighted by atomic mass is 32.7. The number of phosphoric acid groups is 1. The first-order chi connectivity index (χ1) is 19.9. The number of aliphatic hydroxyl groups is 7. The van der Waals surface area contributed by atoms with Crippen molar-refractivity contribution in [3.8, 4) is 0 Å². The maximum Gasteiger partial charge on any atom is 0.482 e. The Morgan fingerprint density at radius 1 is 1.14 bits per heavy atom. The third-order valence-electron chi connectivity index (χ3n) is 6.79. The molecular formula is C20H33N5O15P2S. The van der Waals surface area contributed by atoms with E-state index in [9.17, 15) is 44.7 Å². The van der Waals surface area contributed by atoms with Gasteiger partial charge in [0.05, 0.1) is 19.5 Å². The molecule has 12 atom stereocenters. The number of nitrogens with zero attached hydrogens (tertiary/aromatic N) is 5. The van der Waals surface area contributed by atoms with Crippen LogP contribution in [0.3, 0.4) is 0 Å².